The Morgan fingerprint density at radius 2 is 1.88 bits per heavy atom. The van der Waals surface area contributed by atoms with Crippen molar-refractivity contribution < 1.29 is 14.3 Å². The Labute approximate surface area is 158 Å². The predicted molar refractivity (Wildman–Crippen MR) is 105 cm³/mol. The maximum Gasteiger partial charge on any atom is 0.410 e. The van der Waals surface area contributed by atoms with E-state index in [2.05, 4.69) is 27.4 Å². The first kappa shape index (κ1) is 22.5. The van der Waals surface area contributed by atoms with Crippen LogP contribution in [0.2, 0.25) is 0 Å². The molecule has 0 aromatic heterocycles. The highest BCUT2D eigenvalue weighted by molar-refractivity contribution is 5.79. The number of piperazine rings is 1. The minimum atomic E-state index is -0.437. The summed E-state index contributed by atoms with van der Waals surface area (Å²) in [5, 5.41) is 6.61. The lowest BCUT2D eigenvalue weighted by Crippen LogP contribution is -2.50. The molecule has 1 fully saturated rings. The molecule has 1 aliphatic heterocycles. The first-order valence-electron chi connectivity index (χ1n) is 9.41. The zero-order valence-corrected chi connectivity index (χ0v) is 17.3. The smallest absolute Gasteiger partial charge is 0.410 e. The van der Waals surface area contributed by atoms with Crippen LogP contribution in [0.15, 0.2) is 4.99 Å². The van der Waals surface area contributed by atoms with E-state index in [1.807, 2.05) is 20.8 Å². The van der Waals surface area contributed by atoms with Gasteiger partial charge in [-0.15, -0.1) is 0 Å². The van der Waals surface area contributed by atoms with Gasteiger partial charge in [0.05, 0.1) is 6.61 Å². The molecule has 26 heavy (non-hydrogen) atoms. The zero-order valence-electron chi connectivity index (χ0n) is 17.3. The van der Waals surface area contributed by atoms with E-state index in [9.17, 15) is 4.79 Å². The quantitative estimate of drug-likeness (QED) is 0.397. The van der Waals surface area contributed by atoms with Gasteiger partial charge in [-0.05, 0) is 40.7 Å². The molecule has 1 heterocycles. The maximum atomic E-state index is 12.1. The molecule has 1 aliphatic rings. The molecular weight excluding hydrogens is 334 g/mol. The van der Waals surface area contributed by atoms with Crippen molar-refractivity contribution in [1.82, 2.24) is 20.4 Å². The summed E-state index contributed by atoms with van der Waals surface area (Å²) in [5.41, 5.74) is -0.437. The number of carbonyl (C=O) groups excluding carboxylic acids is 1. The summed E-state index contributed by atoms with van der Waals surface area (Å²) in [5.74, 6) is 0.796. The molecule has 1 rings (SSSR count). The lowest BCUT2D eigenvalue weighted by molar-refractivity contribution is 0.0145. The van der Waals surface area contributed by atoms with E-state index in [4.69, 9.17) is 9.47 Å². The molecule has 152 valence electrons. The van der Waals surface area contributed by atoms with Gasteiger partial charge in [-0.25, -0.2) is 4.79 Å². The molecule has 0 bridgehead atoms. The Morgan fingerprint density at radius 3 is 2.42 bits per heavy atom. The minimum Gasteiger partial charge on any atom is -0.444 e. The fraction of sp³-hybridized carbons (Fsp3) is 0.889. The largest absolute Gasteiger partial charge is 0.444 e. The van der Waals surface area contributed by atoms with Gasteiger partial charge >= 0.3 is 6.09 Å². The van der Waals surface area contributed by atoms with Crippen LogP contribution >= 0.6 is 0 Å². The van der Waals surface area contributed by atoms with Crippen LogP contribution in [-0.2, 0) is 9.47 Å². The van der Waals surface area contributed by atoms with Crippen LogP contribution in [0.4, 0.5) is 4.79 Å². The van der Waals surface area contributed by atoms with E-state index in [0.717, 1.165) is 51.6 Å². The van der Waals surface area contributed by atoms with Crippen molar-refractivity contribution in [3.63, 3.8) is 0 Å². The average molecular weight is 372 g/mol. The van der Waals surface area contributed by atoms with Crippen LogP contribution in [0.3, 0.4) is 0 Å². The molecule has 1 saturated heterocycles. The van der Waals surface area contributed by atoms with Crippen LogP contribution < -0.4 is 10.6 Å². The van der Waals surface area contributed by atoms with Crippen LogP contribution in [0.1, 0.15) is 34.1 Å². The Kier molecular flexibility index (Phi) is 9.72. The van der Waals surface area contributed by atoms with Gasteiger partial charge in [-0.1, -0.05) is 0 Å². The first-order chi connectivity index (χ1) is 12.2. The van der Waals surface area contributed by atoms with Crippen molar-refractivity contribution in [2.45, 2.75) is 45.8 Å². The standard InChI is InChI=1S/C18H37N5O3/c1-15(14-25-6)21-16(19-5)20-8-7-9-22-10-12-23(13-11-22)17(24)26-18(2,3)4/h15H,7-14H2,1-6H3,(H2,19,20,21). The summed E-state index contributed by atoms with van der Waals surface area (Å²) >= 11 is 0. The van der Waals surface area contributed by atoms with Gasteiger partial charge in [-0.3, -0.25) is 9.89 Å². The fourth-order valence-electron chi connectivity index (χ4n) is 2.71. The topological polar surface area (TPSA) is 78.4 Å². The van der Waals surface area contributed by atoms with Gasteiger partial charge in [0.2, 0.25) is 0 Å². The second-order valence-corrected chi connectivity index (χ2v) is 7.66. The van der Waals surface area contributed by atoms with Crippen molar-refractivity contribution in [2.75, 3.05) is 60.0 Å². The number of guanidine groups is 1. The molecule has 1 unspecified atom stereocenters. The Bertz CT molecular complexity index is 443. The van der Waals surface area contributed by atoms with Crippen LogP contribution in [-0.4, -0.2) is 93.5 Å². The van der Waals surface area contributed by atoms with Crippen molar-refractivity contribution in [3.05, 3.63) is 0 Å². The highest BCUT2D eigenvalue weighted by Crippen LogP contribution is 2.11. The third-order valence-electron chi connectivity index (χ3n) is 3.99. The summed E-state index contributed by atoms with van der Waals surface area (Å²) in [7, 11) is 3.46. The van der Waals surface area contributed by atoms with E-state index >= 15 is 0 Å². The summed E-state index contributed by atoms with van der Waals surface area (Å²) < 4.78 is 10.5. The van der Waals surface area contributed by atoms with Crippen molar-refractivity contribution >= 4 is 12.1 Å². The summed E-state index contributed by atoms with van der Waals surface area (Å²) in [4.78, 5) is 20.5. The minimum absolute atomic E-state index is 0.209. The second-order valence-electron chi connectivity index (χ2n) is 7.66. The number of hydrogen-bond donors (Lipinski definition) is 2. The molecule has 0 saturated carbocycles. The van der Waals surface area contributed by atoms with Gasteiger partial charge in [0, 0.05) is 52.9 Å². The number of hydrogen-bond acceptors (Lipinski definition) is 5. The Balaban J connectivity index is 2.19. The van der Waals surface area contributed by atoms with Crippen LogP contribution in [0, 0.1) is 0 Å². The van der Waals surface area contributed by atoms with Gasteiger partial charge < -0.3 is 25.0 Å². The molecule has 0 aromatic rings. The second kappa shape index (κ2) is 11.2. The molecule has 8 heteroatoms. The third kappa shape index (κ3) is 9.24. The monoisotopic (exact) mass is 371 g/mol. The molecule has 1 amide bonds. The summed E-state index contributed by atoms with van der Waals surface area (Å²) in [6.45, 7) is 13.5. The lowest BCUT2D eigenvalue weighted by Gasteiger charge is -2.35. The molecule has 1 atom stereocenters. The Morgan fingerprint density at radius 1 is 1.23 bits per heavy atom. The maximum absolute atomic E-state index is 12.1. The summed E-state index contributed by atoms with van der Waals surface area (Å²) in [6.07, 6.45) is 0.810. The highest BCUT2D eigenvalue weighted by atomic mass is 16.6. The number of rotatable bonds is 7. The molecular formula is C18H37N5O3. The van der Waals surface area contributed by atoms with Crippen LogP contribution in [0.25, 0.3) is 0 Å². The zero-order chi connectivity index (χ0) is 19.6. The Hall–Kier alpha value is -1.54. The molecule has 0 radical (unpaired) electrons. The molecule has 0 aromatic carbocycles. The predicted octanol–water partition coefficient (Wildman–Crippen LogP) is 1.13. The highest BCUT2D eigenvalue weighted by Gasteiger charge is 2.25. The number of carbonyl (C=O) groups is 1. The van der Waals surface area contributed by atoms with E-state index in [1.54, 1.807) is 19.1 Å². The lowest BCUT2D eigenvalue weighted by atomic mass is 10.2. The van der Waals surface area contributed by atoms with Crippen molar-refractivity contribution in [3.8, 4) is 0 Å². The van der Waals surface area contributed by atoms with Crippen LogP contribution in [0.5, 0.6) is 0 Å². The number of amides is 1. The third-order valence-corrected chi connectivity index (χ3v) is 3.99. The van der Waals surface area contributed by atoms with Crippen molar-refractivity contribution in [1.29, 1.82) is 0 Å². The molecule has 0 spiro atoms. The average Bonchev–Trinajstić information content (AvgIpc) is 2.56. The van der Waals surface area contributed by atoms with E-state index in [0.29, 0.717) is 6.61 Å². The number of methoxy groups -OCH3 is 1. The molecule has 2 N–H and O–H groups in total. The van der Waals surface area contributed by atoms with E-state index in [-0.39, 0.29) is 12.1 Å². The summed E-state index contributed by atoms with van der Waals surface area (Å²) in [6, 6.07) is 0.215. The van der Waals surface area contributed by atoms with Gasteiger partial charge in [0.25, 0.3) is 0 Å². The first-order valence-corrected chi connectivity index (χ1v) is 9.41. The van der Waals surface area contributed by atoms with Crippen molar-refractivity contribution in [2.24, 2.45) is 4.99 Å². The van der Waals surface area contributed by atoms with Gasteiger partial charge in [0.15, 0.2) is 5.96 Å². The fourth-order valence-corrected chi connectivity index (χ4v) is 2.71. The van der Waals surface area contributed by atoms with E-state index < -0.39 is 5.60 Å². The SMILES string of the molecule is CN=C(NCCCN1CCN(C(=O)OC(C)(C)C)CC1)NC(C)COC. The molecule has 0 aliphatic carbocycles. The number of nitrogens with one attached hydrogen (secondary N) is 2. The van der Waals surface area contributed by atoms with Gasteiger partial charge in [-0.2, -0.15) is 0 Å². The number of ether oxygens (including phenoxy) is 2. The number of nitrogens with zero attached hydrogens (tertiary/aromatic N) is 3. The normalized spacial score (nSPS) is 17.8. The van der Waals surface area contributed by atoms with E-state index in [1.165, 1.54) is 0 Å². The molecule has 8 nitrogen and oxygen atoms in total. The number of aliphatic imine (C=N–C) groups is 1. The van der Waals surface area contributed by atoms with Gasteiger partial charge in [0.1, 0.15) is 5.60 Å².